The molecule has 1 aliphatic heterocycles. The van der Waals surface area contributed by atoms with Gasteiger partial charge in [0.05, 0.1) is 0 Å². The van der Waals surface area contributed by atoms with Crippen molar-refractivity contribution in [3.63, 3.8) is 0 Å². The molecule has 0 atom stereocenters. The van der Waals surface area contributed by atoms with Crippen LogP contribution in [-0.4, -0.2) is 32.4 Å². The van der Waals surface area contributed by atoms with Crippen LogP contribution >= 0.6 is 11.3 Å². The van der Waals surface area contributed by atoms with Gasteiger partial charge in [0.2, 0.25) is 0 Å². The summed E-state index contributed by atoms with van der Waals surface area (Å²) in [5.41, 5.74) is 6.85. The number of urea groups is 1. The van der Waals surface area contributed by atoms with Crippen molar-refractivity contribution in [3.05, 3.63) is 44.8 Å². The summed E-state index contributed by atoms with van der Waals surface area (Å²) in [6.45, 7) is 4.77. The van der Waals surface area contributed by atoms with Crippen molar-refractivity contribution in [1.29, 1.82) is 0 Å². The Morgan fingerprint density at radius 1 is 1.10 bits per heavy atom. The SMILES string of the molecule is CCN1CCc2sc(S(=O)(=O)NC(=O)Nc3c4c(cc5c3CC5)CCC4)cc2C1.[H-].[Na+]. The Balaban J connectivity index is 0.00000136. The first-order valence-electron chi connectivity index (χ1n) is 10.3. The van der Waals surface area contributed by atoms with Gasteiger partial charge in [-0.15, -0.1) is 11.3 Å². The fourth-order valence-corrected chi connectivity index (χ4v) is 7.12. The molecule has 2 aromatic rings. The molecule has 30 heavy (non-hydrogen) atoms. The van der Waals surface area contributed by atoms with Gasteiger partial charge in [0.15, 0.2) is 0 Å². The number of hydrogen-bond donors (Lipinski definition) is 2. The van der Waals surface area contributed by atoms with E-state index in [4.69, 9.17) is 0 Å². The third kappa shape index (κ3) is 3.98. The van der Waals surface area contributed by atoms with Crippen LogP contribution in [0.5, 0.6) is 0 Å². The summed E-state index contributed by atoms with van der Waals surface area (Å²) in [7, 11) is -3.88. The number of benzene rings is 1. The van der Waals surface area contributed by atoms with Gasteiger partial charge >= 0.3 is 35.6 Å². The maximum atomic E-state index is 12.8. The molecule has 0 radical (unpaired) electrons. The third-order valence-electron chi connectivity index (χ3n) is 6.35. The molecule has 3 aliphatic rings. The number of fused-ring (bicyclic) bond motifs is 3. The van der Waals surface area contributed by atoms with E-state index in [1.807, 2.05) is 0 Å². The average Bonchev–Trinajstić information content (AvgIpc) is 3.30. The van der Waals surface area contributed by atoms with Gasteiger partial charge in [-0.25, -0.2) is 17.9 Å². The summed E-state index contributed by atoms with van der Waals surface area (Å²) in [4.78, 5) is 16.0. The van der Waals surface area contributed by atoms with Gasteiger partial charge in [-0.2, -0.15) is 0 Å². The van der Waals surface area contributed by atoms with Crippen LogP contribution in [0.3, 0.4) is 0 Å². The Morgan fingerprint density at radius 2 is 1.87 bits per heavy atom. The summed E-state index contributed by atoms with van der Waals surface area (Å²) in [5.74, 6) is 0. The summed E-state index contributed by atoms with van der Waals surface area (Å²) >= 11 is 1.28. The monoisotopic (exact) mass is 455 g/mol. The molecule has 0 fully saturated rings. The number of carbonyl (C=O) groups excluding carboxylic acids is 1. The molecule has 2 heterocycles. The van der Waals surface area contributed by atoms with E-state index in [1.54, 1.807) is 6.07 Å². The Kier molecular flexibility index (Phi) is 6.36. The molecule has 2 amide bonds. The number of nitrogens with one attached hydrogen (secondary N) is 2. The van der Waals surface area contributed by atoms with E-state index in [1.165, 1.54) is 33.6 Å². The van der Waals surface area contributed by atoms with Crippen molar-refractivity contribution < 1.29 is 44.2 Å². The van der Waals surface area contributed by atoms with Crippen molar-refractivity contribution in [1.82, 2.24) is 9.62 Å². The predicted molar refractivity (Wildman–Crippen MR) is 115 cm³/mol. The predicted octanol–water partition coefficient (Wildman–Crippen LogP) is 0.340. The minimum atomic E-state index is -3.88. The molecule has 0 saturated carbocycles. The number of anilines is 1. The maximum absolute atomic E-state index is 12.8. The second kappa shape index (κ2) is 8.56. The topological polar surface area (TPSA) is 78.5 Å². The maximum Gasteiger partial charge on any atom is 1.00 e. The number of thiophene rings is 1. The van der Waals surface area contributed by atoms with Crippen molar-refractivity contribution in [2.75, 3.05) is 18.4 Å². The Labute approximate surface area is 205 Å². The molecule has 5 rings (SSSR count). The minimum Gasteiger partial charge on any atom is -1.00 e. The number of carbonyl (C=O) groups is 1. The van der Waals surface area contributed by atoms with Crippen LogP contribution in [0, 0.1) is 0 Å². The van der Waals surface area contributed by atoms with Gasteiger partial charge in [-0.1, -0.05) is 13.0 Å². The molecule has 9 heteroatoms. The molecule has 6 nitrogen and oxygen atoms in total. The zero-order valence-electron chi connectivity index (χ0n) is 18.5. The van der Waals surface area contributed by atoms with Gasteiger partial charge in [-0.05, 0) is 79.0 Å². The van der Waals surface area contributed by atoms with Crippen LogP contribution in [0.2, 0.25) is 0 Å². The molecular formula is C21H26N3NaO3S2. The second-order valence-electron chi connectivity index (χ2n) is 8.07. The Hall–Kier alpha value is -0.900. The summed E-state index contributed by atoms with van der Waals surface area (Å²) in [5, 5.41) is 2.87. The number of likely N-dealkylation sites (N-methyl/N-ethyl adjacent to an activating group) is 1. The van der Waals surface area contributed by atoms with E-state index in [2.05, 4.69) is 27.9 Å². The van der Waals surface area contributed by atoms with E-state index in [0.717, 1.165) is 74.3 Å². The molecule has 2 aliphatic carbocycles. The molecular weight excluding hydrogens is 429 g/mol. The van der Waals surface area contributed by atoms with Crippen LogP contribution in [0.1, 0.15) is 47.5 Å². The first kappa shape index (κ1) is 22.3. The quantitative estimate of drug-likeness (QED) is 0.652. The van der Waals surface area contributed by atoms with Crippen molar-refractivity contribution >= 4 is 33.1 Å². The molecule has 0 spiro atoms. The average molecular weight is 456 g/mol. The first-order valence-corrected chi connectivity index (χ1v) is 12.6. The number of aryl methyl sites for hydroxylation is 2. The molecule has 1 aromatic heterocycles. The van der Waals surface area contributed by atoms with Gasteiger partial charge in [-0.3, -0.25) is 4.90 Å². The zero-order valence-corrected chi connectivity index (χ0v) is 21.1. The largest absolute Gasteiger partial charge is 1.00 e. The zero-order chi connectivity index (χ0) is 20.2. The standard InChI is InChI=1S/C21H25N3O3S2.Na.H/c1-2-24-9-8-18-15(12-24)11-19(28-18)29(26,27)23-21(25)22-20-16-5-3-4-13(16)10-14-6-7-17(14)20;;/h10-11H,2-9,12H2,1H3,(H2,22,23,25);;/q;+1;-1. The minimum absolute atomic E-state index is 0. The summed E-state index contributed by atoms with van der Waals surface area (Å²) < 4.78 is 28.1. The summed E-state index contributed by atoms with van der Waals surface area (Å²) in [6.07, 6.45) is 5.90. The van der Waals surface area contributed by atoms with E-state index in [0.29, 0.717) is 0 Å². The molecule has 0 bridgehead atoms. The van der Waals surface area contributed by atoms with E-state index >= 15 is 0 Å². The molecule has 1 aromatic carbocycles. The van der Waals surface area contributed by atoms with Crippen LogP contribution in [0.25, 0.3) is 0 Å². The van der Waals surface area contributed by atoms with Crippen molar-refractivity contribution in [3.8, 4) is 0 Å². The first-order chi connectivity index (χ1) is 13.9. The van der Waals surface area contributed by atoms with Crippen molar-refractivity contribution in [2.24, 2.45) is 0 Å². The number of hydrogen-bond acceptors (Lipinski definition) is 5. The number of rotatable bonds is 4. The van der Waals surface area contributed by atoms with Crippen LogP contribution < -0.4 is 39.6 Å². The number of sulfonamides is 1. The molecule has 0 saturated heterocycles. The van der Waals surface area contributed by atoms with E-state index < -0.39 is 16.1 Å². The van der Waals surface area contributed by atoms with Crippen LogP contribution in [-0.2, 0) is 48.7 Å². The van der Waals surface area contributed by atoms with Crippen molar-refractivity contribution in [2.45, 2.75) is 56.2 Å². The normalized spacial score (nSPS) is 17.2. The summed E-state index contributed by atoms with van der Waals surface area (Å²) in [6, 6.07) is 3.32. The number of nitrogens with zero attached hydrogens (tertiary/aromatic N) is 1. The van der Waals surface area contributed by atoms with E-state index in [-0.39, 0.29) is 35.2 Å². The van der Waals surface area contributed by atoms with E-state index in [9.17, 15) is 13.2 Å². The second-order valence-corrected chi connectivity index (χ2v) is 11.1. The van der Waals surface area contributed by atoms with Gasteiger partial charge in [0.25, 0.3) is 10.0 Å². The number of amides is 2. The fourth-order valence-electron chi connectivity index (χ4n) is 4.67. The fraction of sp³-hybridized carbons (Fsp3) is 0.476. The van der Waals surface area contributed by atoms with Gasteiger partial charge in [0.1, 0.15) is 4.21 Å². The molecule has 2 N–H and O–H groups in total. The smallest absolute Gasteiger partial charge is 1.00 e. The van der Waals surface area contributed by atoms with Crippen LogP contribution in [0.15, 0.2) is 16.3 Å². The van der Waals surface area contributed by atoms with Crippen LogP contribution in [0.4, 0.5) is 10.5 Å². The van der Waals surface area contributed by atoms with Gasteiger partial charge < -0.3 is 6.74 Å². The Morgan fingerprint density at radius 3 is 2.60 bits per heavy atom. The molecule has 156 valence electrons. The Bertz CT molecular complexity index is 1120. The molecule has 0 unspecified atom stereocenters. The third-order valence-corrected chi connectivity index (χ3v) is 9.39. The van der Waals surface area contributed by atoms with Gasteiger partial charge in [0, 0.05) is 23.7 Å².